The van der Waals surface area contributed by atoms with E-state index in [9.17, 15) is 4.79 Å². The van der Waals surface area contributed by atoms with Crippen molar-refractivity contribution in [1.82, 2.24) is 10.3 Å². The minimum Gasteiger partial charge on any atom is -0.444 e. The van der Waals surface area contributed by atoms with E-state index in [2.05, 4.69) is 29.5 Å². The zero-order chi connectivity index (χ0) is 17.9. The van der Waals surface area contributed by atoms with E-state index < -0.39 is 11.7 Å². The van der Waals surface area contributed by atoms with Gasteiger partial charge in [-0.1, -0.05) is 21.3 Å². The molecule has 1 aromatic heterocycles. The number of hydrogen-bond acceptors (Lipinski definition) is 4. The van der Waals surface area contributed by atoms with Crippen LogP contribution in [0, 0.1) is 11.8 Å². The number of carbonyl (C=O) groups is 1. The fourth-order valence-electron chi connectivity index (χ4n) is 3.95. The predicted molar refractivity (Wildman–Crippen MR) is 104 cm³/mol. The summed E-state index contributed by atoms with van der Waals surface area (Å²) in [5, 5.41) is 6.33. The summed E-state index contributed by atoms with van der Waals surface area (Å²) in [5.74, 6) is 1.60. The van der Waals surface area contributed by atoms with Crippen molar-refractivity contribution >= 4 is 11.8 Å². The number of aromatic nitrogens is 1. The molecule has 0 spiro atoms. The van der Waals surface area contributed by atoms with Gasteiger partial charge in [0, 0.05) is 12.2 Å². The molecule has 5 nitrogen and oxygen atoms in total. The summed E-state index contributed by atoms with van der Waals surface area (Å²) in [6.45, 7) is 10.2. The van der Waals surface area contributed by atoms with E-state index in [-0.39, 0.29) is 7.43 Å². The van der Waals surface area contributed by atoms with Crippen LogP contribution < -0.4 is 10.6 Å². The van der Waals surface area contributed by atoms with E-state index in [1.54, 1.807) is 12.4 Å². The van der Waals surface area contributed by atoms with Gasteiger partial charge in [-0.25, -0.2) is 4.79 Å². The van der Waals surface area contributed by atoms with Gasteiger partial charge in [-0.15, -0.1) is 0 Å². The van der Waals surface area contributed by atoms with Crippen molar-refractivity contribution in [3.8, 4) is 0 Å². The first kappa shape index (κ1) is 21.4. The summed E-state index contributed by atoms with van der Waals surface area (Å²) in [7, 11) is 2.04. The van der Waals surface area contributed by atoms with Crippen molar-refractivity contribution < 1.29 is 9.53 Å². The van der Waals surface area contributed by atoms with Gasteiger partial charge in [0.25, 0.3) is 0 Å². The van der Waals surface area contributed by atoms with Gasteiger partial charge in [-0.2, -0.15) is 0 Å². The fraction of sp³-hybridized carbons (Fsp3) is 0.700. The minimum absolute atomic E-state index is 0. The van der Waals surface area contributed by atoms with E-state index >= 15 is 0 Å². The number of nitrogens with one attached hydrogen (secondary N) is 2. The van der Waals surface area contributed by atoms with Crippen LogP contribution in [0.2, 0.25) is 0 Å². The lowest BCUT2D eigenvalue weighted by molar-refractivity contribution is 0.0635. The number of nitrogens with zero attached hydrogens (tertiary/aromatic N) is 1. The fourth-order valence-corrected chi connectivity index (χ4v) is 3.95. The molecule has 1 aromatic rings. The standard InChI is InChI=1S/C19H31N3O2.CH4/c1-12-9-14(10-13(2)17(12)20-6)15-7-8-21-11-16(15)22-18(23)24-19(3,4)5;/h7-8,11-14,17,20H,9-10H2,1-6H3,(H,22,23);1H4/t12-,13+,14?,17?;. The van der Waals surface area contributed by atoms with Crippen molar-refractivity contribution in [2.75, 3.05) is 12.4 Å². The molecule has 0 radical (unpaired) electrons. The van der Waals surface area contributed by atoms with Gasteiger partial charge in [0.1, 0.15) is 5.60 Å². The van der Waals surface area contributed by atoms with Gasteiger partial charge < -0.3 is 10.1 Å². The zero-order valence-corrected chi connectivity index (χ0v) is 15.7. The molecule has 142 valence electrons. The number of anilines is 1. The topological polar surface area (TPSA) is 63.2 Å². The van der Waals surface area contributed by atoms with E-state index in [0.717, 1.165) is 24.1 Å². The molecule has 1 heterocycles. The Kier molecular flexibility index (Phi) is 7.42. The highest BCUT2D eigenvalue weighted by molar-refractivity contribution is 5.85. The largest absolute Gasteiger partial charge is 0.444 e. The monoisotopic (exact) mass is 349 g/mol. The Balaban J connectivity index is 0.00000312. The van der Waals surface area contributed by atoms with Crippen molar-refractivity contribution in [3.05, 3.63) is 24.0 Å². The average molecular weight is 350 g/mol. The van der Waals surface area contributed by atoms with Crippen LogP contribution in [0.15, 0.2) is 18.5 Å². The van der Waals surface area contributed by atoms with Gasteiger partial charge in [0.2, 0.25) is 0 Å². The molecule has 0 saturated heterocycles. The lowest BCUT2D eigenvalue weighted by Crippen LogP contribution is -2.42. The lowest BCUT2D eigenvalue weighted by Gasteiger charge is -2.39. The number of carbonyl (C=O) groups excluding carboxylic acids is 1. The van der Waals surface area contributed by atoms with Crippen molar-refractivity contribution in [1.29, 1.82) is 0 Å². The predicted octanol–water partition coefficient (Wildman–Crippen LogP) is 4.80. The van der Waals surface area contributed by atoms with Gasteiger partial charge >= 0.3 is 6.09 Å². The van der Waals surface area contributed by atoms with Crippen LogP contribution in [0.3, 0.4) is 0 Å². The average Bonchev–Trinajstić information content (AvgIpc) is 2.45. The Hall–Kier alpha value is -1.62. The second-order valence-electron chi connectivity index (χ2n) is 8.03. The molecule has 25 heavy (non-hydrogen) atoms. The molecule has 1 aliphatic rings. The maximum Gasteiger partial charge on any atom is 0.412 e. The normalized spacial score (nSPS) is 26.5. The number of pyridine rings is 1. The maximum atomic E-state index is 12.1. The first-order valence-electron chi connectivity index (χ1n) is 8.82. The summed E-state index contributed by atoms with van der Waals surface area (Å²) in [4.78, 5) is 16.3. The van der Waals surface area contributed by atoms with E-state index in [0.29, 0.717) is 23.8 Å². The summed E-state index contributed by atoms with van der Waals surface area (Å²) in [6.07, 6.45) is 5.29. The Bertz CT molecular complexity index is 556. The molecule has 2 rings (SSSR count). The van der Waals surface area contributed by atoms with E-state index in [1.807, 2.05) is 33.9 Å². The number of ether oxygens (including phenoxy) is 1. The first-order chi connectivity index (χ1) is 11.2. The van der Waals surface area contributed by atoms with Gasteiger partial charge in [0.15, 0.2) is 0 Å². The van der Waals surface area contributed by atoms with Gasteiger partial charge in [0.05, 0.1) is 11.9 Å². The highest BCUT2D eigenvalue weighted by Gasteiger charge is 2.33. The Morgan fingerprint density at radius 1 is 1.24 bits per heavy atom. The highest BCUT2D eigenvalue weighted by Crippen LogP contribution is 2.41. The zero-order valence-electron chi connectivity index (χ0n) is 15.7. The summed E-state index contributed by atoms with van der Waals surface area (Å²) >= 11 is 0. The molecule has 0 bridgehead atoms. The maximum absolute atomic E-state index is 12.1. The third-order valence-corrected chi connectivity index (χ3v) is 4.80. The summed E-state index contributed by atoms with van der Waals surface area (Å²) < 4.78 is 5.37. The SMILES string of the molecule is C.CNC1[C@H](C)CC(c2ccncc2NC(=O)OC(C)(C)C)C[C@@H]1C. The molecule has 5 heteroatoms. The highest BCUT2D eigenvalue weighted by atomic mass is 16.6. The molecular weight excluding hydrogens is 314 g/mol. The van der Waals surface area contributed by atoms with Crippen LogP contribution in [0.5, 0.6) is 0 Å². The third kappa shape index (κ3) is 5.70. The summed E-state index contributed by atoms with van der Waals surface area (Å²) in [6, 6.07) is 2.57. The lowest BCUT2D eigenvalue weighted by atomic mass is 9.70. The minimum atomic E-state index is -0.514. The van der Waals surface area contributed by atoms with Crippen LogP contribution in [-0.4, -0.2) is 29.8 Å². The van der Waals surface area contributed by atoms with Crippen LogP contribution in [0.1, 0.15) is 66.4 Å². The quantitative estimate of drug-likeness (QED) is 0.822. The Morgan fingerprint density at radius 3 is 2.36 bits per heavy atom. The van der Waals surface area contributed by atoms with Crippen LogP contribution in [0.25, 0.3) is 0 Å². The van der Waals surface area contributed by atoms with Crippen LogP contribution in [-0.2, 0) is 4.74 Å². The third-order valence-electron chi connectivity index (χ3n) is 4.80. The van der Waals surface area contributed by atoms with Gasteiger partial charge in [-0.05, 0) is 70.0 Å². The molecule has 1 fully saturated rings. The van der Waals surface area contributed by atoms with Gasteiger partial charge in [-0.3, -0.25) is 10.3 Å². The Morgan fingerprint density at radius 2 is 1.84 bits per heavy atom. The number of rotatable bonds is 3. The molecule has 1 amide bonds. The summed E-state index contributed by atoms with van der Waals surface area (Å²) in [5.41, 5.74) is 1.41. The van der Waals surface area contributed by atoms with Crippen molar-refractivity contribution in [2.24, 2.45) is 11.8 Å². The van der Waals surface area contributed by atoms with Crippen molar-refractivity contribution in [2.45, 2.75) is 72.4 Å². The number of amides is 1. The first-order valence-corrected chi connectivity index (χ1v) is 8.82. The smallest absolute Gasteiger partial charge is 0.412 e. The van der Waals surface area contributed by atoms with Crippen molar-refractivity contribution in [3.63, 3.8) is 0 Å². The van der Waals surface area contributed by atoms with Crippen LogP contribution >= 0.6 is 0 Å². The molecule has 1 aliphatic carbocycles. The molecule has 0 aromatic carbocycles. The van der Waals surface area contributed by atoms with E-state index in [1.165, 1.54) is 0 Å². The van der Waals surface area contributed by atoms with E-state index in [4.69, 9.17) is 4.74 Å². The second kappa shape index (κ2) is 8.65. The molecule has 0 aliphatic heterocycles. The second-order valence-corrected chi connectivity index (χ2v) is 8.03. The molecular formula is C20H35N3O2. The molecule has 2 N–H and O–H groups in total. The number of hydrogen-bond donors (Lipinski definition) is 2. The van der Waals surface area contributed by atoms with Crippen LogP contribution in [0.4, 0.5) is 10.5 Å². The molecule has 2 unspecified atom stereocenters. The molecule has 4 atom stereocenters. The Labute approximate surface area is 152 Å². The molecule has 1 saturated carbocycles.